The van der Waals surface area contributed by atoms with Gasteiger partial charge in [0.2, 0.25) is 0 Å². The van der Waals surface area contributed by atoms with Gasteiger partial charge in [-0.2, -0.15) is 0 Å². The van der Waals surface area contributed by atoms with E-state index in [9.17, 15) is 4.79 Å². The normalized spacial score (nSPS) is 22.4. The minimum atomic E-state index is -3.10. The van der Waals surface area contributed by atoms with Gasteiger partial charge in [0.1, 0.15) is 0 Å². The first-order chi connectivity index (χ1) is 26.0. The molecule has 3 aromatic carbocycles. The van der Waals surface area contributed by atoms with Crippen LogP contribution < -0.4 is 22.9 Å². The van der Waals surface area contributed by atoms with Crippen LogP contribution in [-0.4, -0.2) is 44.7 Å². The van der Waals surface area contributed by atoms with Gasteiger partial charge in [0.05, 0.1) is 0 Å². The zero-order valence-electron chi connectivity index (χ0n) is 35.7. The summed E-state index contributed by atoms with van der Waals surface area (Å²) in [7, 11) is 0.551. The van der Waals surface area contributed by atoms with Crippen molar-refractivity contribution < 1.29 is 32.0 Å². The number of fused-ring (bicyclic) bond motifs is 3. The molecule has 1 atom stereocenters. The third-order valence-electron chi connectivity index (χ3n) is 12.1. The standard InChI is InChI=1S/C35H52O2P.C12H17O2Si.BrH.Pd/c1-24(2)26-19-20-29(25(3)4)30(23-26)33-31(36-8)21-22-32(37-35(5,6)7)34(33)38(27-15-11-9-12-16-27)28-17-13-10-14-18-28;1-15(2,3)10-9-14-12(13)11-7-5-4-6-8-11;;/h19-22,24-25,27-28H,9-18H2,1-8H3;5-8H,9-10H2,1-3H3;1H;. The topological polar surface area (TPSA) is 44.8 Å². The van der Waals surface area contributed by atoms with Crippen LogP contribution in [0.1, 0.15) is 146 Å². The summed E-state index contributed by atoms with van der Waals surface area (Å²) >= 11 is 2.06. The number of methoxy groups -OCH3 is 1. The van der Waals surface area contributed by atoms with Gasteiger partial charge in [0, 0.05) is 0 Å². The average molecular weight is 944 g/mol. The maximum atomic E-state index is 13.6. The van der Waals surface area contributed by atoms with E-state index in [0.29, 0.717) is 35.3 Å². The summed E-state index contributed by atoms with van der Waals surface area (Å²) in [5.41, 5.74) is 4.39. The van der Waals surface area contributed by atoms with Crippen LogP contribution in [0.4, 0.5) is 0 Å². The Morgan fingerprint density at radius 1 is 0.782 bits per heavy atom. The van der Waals surface area contributed by atoms with E-state index in [1.165, 1.54) is 90.5 Å². The van der Waals surface area contributed by atoms with Gasteiger partial charge in [0.15, 0.2) is 0 Å². The summed E-state index contributed by atoms with van der Waals surface area (Å²) in [4.78, 5) is 13.6. The Bertz CT molecular complexity index is 1820. The molecule has 8 heteroatoms. The van der Waals surface area contributed by atoms with Gasteiger partial charge < -0.3 is 0 Å². The van der Waals surface area contributed by atoms with E-state index < -0.39 is 26.6 Å². The zero-order chi connectivity index (χ0) is 39.9. The van der Waals surface area contributed by atoms with Crippen LogP contribution in [-0.2, 0) is 17.8 Å². The summed E-state index contributed by atoms with van der Waals surface area (Å²) in [6.45, 7) is 23.6. The van der Waals surface area contributed by atoms with Gasteiger partial charge in [0.25, 0.3) is 0 Å². The van der Waals surface area contributed by atoms with E-state index in [1.807, 2.05) is 7.11 Å². The molecule has 3 aliphatic rings. The number of hydrogen-bond acceptors (Lipinski definition) is 4. The summed E-state index contributed by atoms with van der Waals surface area (Å²) in [5.74, 6) is 2.53. The summed E-state index contributed by atoms with van der Waals surface area (Å²) in [6.07, 6.45) is 12.9. The molecule has 6 rings (SSSR count). The van der Waals surface area contributed by atoms with Gasteiger partial charge in [-0.3, -0.25) is 0 Å². The second-order valence-electron chi connectivity index (χ2n) is 19.2. The van der Waals surface area contributed by atoms with Crippen molar-refractivity contribution in [2.24, 2.45) is 0 Å². The Balaban J connectivity index is 1.78. The van der Waals surface area contributed by atoms with Crippen molar-refractivity contribution >= 4 is 46.3 Å². The maximum absolute atomic E-state index is 13.6. The molecule has 0 N–H and O–H groups in total. The zero-order valence-corrected chi connectivity index (χ0v) is 40.9. The predicted molar refractivity (Wildman–Crippen MR) is 242 cm³/mol. The summed E-state index contributed by atoms with van der Waals surface area (Å²) in [6, 6.07) is 19.3. The number of halogens is 1. The van der Waals surface area contributed by atoms with Gasteiger partial charge in [-0.15, -0.1) is 0 Å². The average Bonchev–Trinajstić information content (AvgIpc) is 3.14. The van der Waals surface area contributed by atoms with Gasteiger partial charge in [-0.1, -0.05) is 0 Å². The first-order valence-corrected chi connectivity index (χ1v) is 34.3. The number of rotatable bonds is 11. The van der Waals surface area contributed by atoms with Crippen LogP contribution >= 0.6 is 18.9 Å². The van der Waals surface area contributed by atoms with Crippen molar-refractivity contribution in [3.63, 3.8) is 0 Å². The minimum absolute atomic E-state index is 0.204. The van der Waals surface area contributed by atoms with E-state index in [4.69, 9.17) is 27.6 Å². The molecule has 0 amide bonds. The number of esters is 1. The Morgan fingerprint density at radius 3 is 1.80 bits per heavy atom. The number of hydrogen-bond donors (Lipinski definition) is 0. The molecule has 0 aromatic heterocycles. The summed E-state index contributed by atoms with van der Waals surface area (Å²) < 4.78 is 22.8. The Morgan fingerprint density at radius 2 is 1.31 bits per heavy atom. The molecule has 308 valence electrons. The Labute approximate surface area is 344 Å². The van der Waals surface area contributed by atoms with Gasteiger partial charge >= 0.3 is 347 Å². The van der Waals surface area contributed by atoms with Crippen LogP contribution in [0.5, 0.6) is 11.5 Å². The van der Waals surface area contributed by atoms with E-state index in [-0.39, 0.29) is 11.6 Å². The molecule has 2 aliphatic carbocycles. The Hall–Kier alpha value is -1.48. The first kappa shape index (κ1) is 43.1. The van der Waals surface area contributed by atoms with Crippen LogP contribution in [0.3, 0.4) is 0 Å². The van der Waals surface area contributed by atoms with Crippen molar-refractivity contribution in [3.05, 3.63) is 65.2 Å². The van der Waals surface area contributed by atoms with E-state index >= 15 is 0 Å². The van der Waals surface area contributed by atoms with Crippen LogP contribution in [0.25, 0.3) is 11.1 Å². The van der Waals surface area contributed by atoms with Crippen LogP contribution in [0, 0.1) is 0 Å². The molecule has 0 saturated heterocycles. The van der Waals surface area contributed by atoms with Crippen molar-refractivity contribution in [2.45, 2.75) is 167 Å². The molecule has 55 heavy (non-hydrogen) atoms. The number of carbonyl (C=O) groups excluding carboxylic acids is 1. The Kier molecular flexibility index (Phi) is 13.3. The molecular formula is C47H70BrO4PPdSi. The van der Waals surface area contributed by atoms with Gasteiger partial charge in [-0.05, 0) is 0 Å². The molecule has 1 heterocycles. The third kappa shape index (κ3) is 8.24. The number of carbonyl (C=O) groups is 1. The van der Waals surface area contributed by atoms with Crippen LogP contribution in [0.2, 0.25) is 25.7 Å². The van der Waals surface area contributed by atoms with Gasteiger partial charge in [-0.25, -0.2) is 0 Å². The molecule has 0 spiro atoms. The molecule has 0 bridgehead atoms. The molecule has 1 aliphatic heterocycles. The fourth-order valence-electron chi connectivity index (χ4n) is 9.59. The third-order valence-corrected chi connectivity index (χ3v) is 45.7. The van der Waals surface area contributed by atoms with Crippen molar-refractivity contribution in [2.75, 3.05) is 13.7 Å². The predicted octanol–water partition coefficient (Wildman–Crippen LogP) is 12.7. The SMILES string of the molecule is COc1ccc(OC(C)(C)C)c2c1-c1c(C(C)C)ccc(C(C)C)[c]1[Pd]([Br])([c]1ccc(C(=O)OCC[Si](C)(C)C)cc1)[PH]2(C1CCCCC1)C1CCCCC1. The molecule has 1 unspecified atom stereocenters. The molecule has 2 saturated carbocycles. The van der Waals surface area contributed by atoms with Crippen molar-refractivity contribution in [1.29, 1.82) is 0 Å². The number of ether oxygens (including phenoxy) is 3. The van der Waals surface area contributed by atoms with Crippen molar-refractivity contribution in [1.82, 2.24) is 0 Å². The fraction of sp³-hybridized carbons (Fsp3) is 0.596. The molecular weight excluding hydrogens is 874 g/mol. The fourth-order valence-corrected chi connectivity index (χ4v) is 49.0. The van der Waals surface area contributed by atoms with Crippen molar-refractivity contribution in [3.8, 4) is 22.6 Å². The molecule has 3 aromatic rings. The molecule has 0 radical (unpaired) electrons. The van der Waals surface area contributed by atoms with E-state index in [1.54, 1.807) is 9.34 Å². The van der Waals surface area contributed by atoms with E-state index in [2.05, 4.69) is 117 Å². The summed E-state index contributed by atoms with van der Waals surface area (Å²) in [5, 5.41) is 1.54. The molecule has 4 nitrogen and oxygen atoms in total. The first-order valence-electron chi connectivity index (χ1n) is 21.2. The second-order valence-corrected chi connectivity index (χ2v) is 45.9. The molecule has 2 fully saturated rings. The van der Waals surface area contributed by atoms with E-state index in [0.717, 1.165) is 17.5 Å². The quantitative estimate of drug-likeness (QED) is 0.109. The second kappa shape index (κ2) is 17.0. The monoisotopic (exact) mass is 942 g/mol. The van der Waals surface area contributed by atoms with Crippen LogP contribution in [0.15, 0.2) is 48.5 Å². The number of benzene rings is 3.